The smallest absolute Gasteiger partial charge is 0.371 e. The maximum Gasteiger partial charge on any atom is 0.416 e. The SMILES string of the molecule is O=C(CCC(=O)c1cccc(C(F)(F)F)c1)N[C@@H]1CCN(C2CCCN(c3ccc(Cl)cc3)CC2)C1. The van der Waals surface area contributed by atoms with E-state index in [1.54, 1.807) is 0 Å². The van der Waals surface area contributed by atoms with Gasteiger partial charge in [0.05, 0.1) is 5.56 Å². The number of nitrogens with one attached hydrogen (secondary N) is 1. The van der Waals surface area contributed by atoms with E-state index in [-0.39, 0.29) is 30.4 Å². The van der Waals surface area contributed by atoms with Crippen LogP contribution in [-0.2, 0) is 11.0 Å². The van der Waals surface area contributed by atoms with Gasteiger partial charge in [-0.05, 0) is 62.1 Å². The maximum atomic E-state index is 12.9. The Labute approximate surface area is 214 Å². The third kappa shape index (κ3) is 7.01. The van der Waals surface area contributed by atoms with Crippen LogP contribution in [0.15, 0.2) is 48.5 Å². The summed E-state index contributed by atoms with van der Waals surface area (Å²) in [5.74, 6) is -0.704. The van der Waals surface area contributed by atoms with Crippen LogP contribution in [0.4, 0.5) is 18.9 Å². The van der Waals surface area contributed by atoms with Gasteiger partial charge in [0.2, 0.25) is 5.91 Å². The Morgan fingerprint density at radius 2 is 1.75 bits per heavy atom. The summed E-state index contributed by atoms with van der Waals surface area (Å²) in [6.45, 7) is 3.67. The van der Waals surface area contributed by atoms with E-state index in [0.29, 0.717) is 6.04 Å². The number of carbonyl (C=O) groups excluding carboxylic acids is 2. The lowest BCUT2D eigenvalue weighted by Gasteiger charge is -2.27. The van der Waals surface area contributed by atoms with Crippen LogP contribution in [0.5, 0.6) is 0 Å². The van der Waals surface area contributed by atoms with E-state index in [1.807, 2.05) is 12.1 Å². The van der Waals surface area contributed by atoms with Crippen molar-refractivity contribution < 1.29 is 22.8 Å². The average Bonchev–Trinajstić information content (AvgIpc) is 3.17. The Balaban J connectivity index is 1.21. The average molecular weight is 522 g/mol. The molecular formula is C27H31ClF3N3O2. The number of likely N-dealkylation sites (tertiary alicyclic amines) is 1. The number of anilines is 1. The molecular weight excluding hydrogens is 491 g/mol. The first-order chi connectivity index (χ1) is 17.2. The molecule has 2 saturated heterocycles. The van der Waals surface area contributed by atoms with Crippen molar-refractivity contribution in [3.8, 4) is 0 Å². The van der Waals surface area contributed by atoms with Gasteiger partial charge in [0.1, 0.15) is 0 Å². The van der Waals surface area contributed by atoms with Crippen LogP contribution >= 0.6 is 11.6 Å². The molecule has 4 rings (SSSR count). The summed E-state index contributed by atoms with van der Waals surface area (Å²) < 4.78 is 38.7. The van der Waals surface area contributed by atoms with E-state index in [0.717, 1.165) is 69.0 Å². The van der Waals surface area contributed by atoms with Crippen LogP contribution in [0.3, 0.4) is 0 Å². The summed E-state index contributed by atoms with van der Waals surface area (Å²) in [4.78, 5) is 29.6. The number of hydrogen-bond donors (Lipinski definition) is 1. The molecule has 2 aliphatic rings. The highest BCUT2D eigenvalue weighted by Gasteiger charge is 2.32. The van der Waals surface area contributed by atoms with Crippen molar-refractivity contribution in [2.45, 2.75) is 56.8 Å². The second-order valence-electron chi connectivity index (χ2n) is 9.60. The van der Waals surface area contributed by atoms with Gasteiger partial charge in [-0.15, -0.1) is 0 Å². The summed E-state index contributed by atoms with van der Waals surface area (Å²) in [7, 11) is 0. The number of ketones is 1. The van der Waals surface area contributed by atoms with E-state index in [1.165, 1.54) is 17.8 Å². The zero-order chi connectivity index (χ0) is 25.7. The fraction of sp³-hybridized carbons (Fsp3) is 0.481. The summed E-state index contributed by atoms with van der Waals surface area (Å²) in [6.07, 6.45) is -0.556. The van der Waals surface area contributed by atoms with Crippen molar-refractivity contribution in [1.29, 1.82) is 0 Å². The monoisotopic (exact) mass is 521 g/mol. The number of nitrogens with zero attached hydrogens (tertiary/aromatic N) is 2. The highest BCUT2D eigenvalue weighted by Crippen LogP contribution is 2.30. The van der Waals surface area contributed by atoms with Crippen molar-refractivity contribution in [3.05, 3.63) is 64.7 Å². The summed E-state index contributed by atoms with van der Waals surface area (Å²) in [6, 6.07) is 12.8. The van der Waals surface area contributed by atoms with Gasteiger partial charge < -0.3 is 10.2 Å². The Hall–Kier alpha value is -2.58. The van der Waals surface area contributed by atoms with E-state index >= 15 is 0 Å². The predicted octanol–water partition coefficient (Wildman–Crippen LogP) is 5.57. The first-order valence-corrected chi connectivity index (χ1v) is 12.8. The van der Waals surface area contributed by atoms with Crippen molar-refractivity contribution in [2.75, 3.05) is 31.1 Å². The predicted molar refractivity (Wildman–Crippen MR) is 134 cm³/mol. The van der Waals surface area contributed by atoms with Gasteiger partial charge in [-0.1, -0.05) is 23.7 Å². The van der Waals surface area contributed by atoms with Crippen molar-refractivity contribution in [3.63, 3.8) is 0 Å². The second-order valence-corrected chi connectivity index (χ2v) is 10.0. The topological polar surface area (TPSA) is 52.7 Å². The third-order valence-electron chi connectivity index (χ3n) is 7.08. The molecule has 1 unspecified atom stereocenters. The fourth-order valence-corrected chi connectivity index (χ4v) is 5.26. The molecule has 0 bridgehead atoms. The third-order valence-corrected chi connectivity index (χ3v) is 7.33. The van der Waals surface area contributed by atoms with Crippen molar-refractivity contribution in [1.82, 2.24) is 10.2 Å². The molecule has 2 aliphatic heterocycles. The quantitative estimate of drug-likeness (QED) is 0.484. The highest BCUT2D eigenvalue weighted by atomic mass is 35.5. The molecule has 2 aromatic carbocycles. The number of alkyl halides is 3. The molecule has 0 aliphatic carbocycles. The molecule has 9 heteroatoms. The number of Topliss-reactive ketones (excluding diaryl/α,β-unsaturated/α-hetero) is 1. The summed E-state index contributed by atoms with van der Waals surface area (Å²) in [5.41, 5.74) is 0.301. The first-order valence-electron chi connectivity index (χ1n) is 12.4. The lowest BCUT2D eigenvalue weighted by molar-refractivity contribution is -0.137. The Kier molecular flexibility index (Phi) is 8.57. The number of rotatable bonds is 7. The van der Waals surface area contributed by atoms with Gasteiger partial charge in [-0.3, -0.25) is 14.5 Å². The minimum atomic E-state index is -4.51. The number of hydrogen-bond acceptors (Lipinski definition) is 4. The van der Waals surface area contributed by atoms with Crippen LogP contribution in [0, 0.1) is 0 Å². The fourth-order valence-electron chi connectivity index (χ4n) is 5.13. The lowest BCUT2D eigenvalue weighted by atomic mass is 10.0. The minimum Gasteiger partial charge on any atom is -0.371 e. The van der Waals surface area contributed by atoms with Crippen molar-refractivity contribution >= 4 is 29.0 Å². The van der Waals surface area contributed by atoms with Gasteiger partial charge in [0, 0.05) is 67.4 Å². The molecule has 1 N–H and O–H groups in total. The van der Waals surface area contributed by atoms with Crippen LogP contribution in [0.25, 0.3) is 0 Å². The molecule has 194 valence electrons. The standard InChI is InChI=1S/C27H31ClF3N3O2/c28-21-6-8-24(9-7-21)33-14-2-5-23(13-16-33)34-15-12-22(18-34)32-26(36)11-10-25(35)19-3-1-4-20(17-19)27(29,30)31/h1,3-4,6-9,17,22-23H,2,5,10-16,18H2,(H,32,36)/t22-,23?/m1/s1. The van der Waals surface area contributed by atoms with Gasteiger partial charge in [-0.25, -0.2) is 0 Å². The van der Waals surface area contributed by atoms with Gasteiger partial charge >= 0.3 is 6.18 Å². The second kappa shape index (κ2) is 11.6. The molecule has 2 heterocycles. The molecule has 0 saturated carbocycles. The normalized spacial score (nSPS) is 21.3. The molecule has 2 fully saturated rings. The van der Waals surface area contributed by atoms with E-state index < -0.39 is 17.5 Å². The molecule has 2 atom stereocenters. The van der Waals surface area contributed by atoms with E-state index in [2.05, 4.69) is 27.2 Å². The molecule has 0 aromatic heterocycles. The van der Waals surface area contributed by atoms with Gasteiger partial charge in [0.15, 0.2) is 5.78 Å². The van der Waals surface area contributed by atoms with Crippen LogP contribution in [-0.4, -0.2) is 54.9 Å². The molecule has 36 heavy (non-hydrogen) atoms. The number of halogens is 4. The molecule has 2 aromatic rings. The summed E-state index contributed by atoms with van der Waals surface area (Å²) in [5, 5.41) is 3.74. The first kappa shape index (κ1) is 26.5. The van der Waals surface area contributed by atoms with Gasteiger partial charge in [-0.2, -0.15) is 13.2 Å². The van der Waals surface area contributed by atoms with Crippen molar-refractivity contribution in [2.24, 2.45) is 0 Å². The van der Waals surface area contributed by atoms with E-state index in [4.69, 9.17) is 11.6 Å². The van der Waals surface area contributed by atoms with Gasteiger partial charge in [0.25, 0.3) is 0 Å². The number of amides is 1. The highest BCUT2D eigenvalue weighted by molar-refractivity contribution is 6.30. The number of carbonyl (C=O) groups is 2. The Morgan fingerprint density at radius 3 is 2.50 bits per heavy atom. The van der Waals surface area contributed by atoms with Crippen LogP contribution < -0.4 is 10.2 Å². The molecule has 0 radical (unpaired) electrons. The summed E-state index contributed by atoms with van der Waals surface area (Å²) >= 11 is 6.02. The van der Waals surface area contributed by atoms with Crippen LogP contribution in [0.2, 0.25) is 5.02 Å². The molecule has 1 amide bonds. The largest absolute Gasteiger partial charge is 0.416 e. The lowest BCUT2D eigenvalue weighted by Crippen LogP contribution is -2.40. The van der Waals surface area contributed by atoms with E-state index in [9.17, 15) is 22.8 Å². The maximum absolute atomic E-state index is 12.9. The number of benzene rings is 2. The minimum absolute atomic E-state index is 0.0225. The Morgan fingerprint density at radius 1 is 0.972 bits per heavy atom. The molecule has 5 nitrogen and oxygen atoms in total. The zero-order valence-electron chi connectivity index (χ0n) is 20.1. The Bertz CT molecular complexity index is 1060. The molecule has 0 spiro atoms. The van der Waals surface area contributed by atoms with Crippen LogP contribution in [0.1, 0.15) is 54.4 Å². The zero-order valence-corrected chi connectivity index (χ0v) is 20.8.